The van der Waals surface area contributed by atoms with Gasteiger partial charge < -0.3 is 5.73 Å². The average Bonchev–Trinajstić information content (AvgIpc) is 2.18. The Morgan fingerprint density at radius 3 is 2.57 bits per heavy atom. The van der Waals surface area contributed by atoms with Crippen molar-refractivity contribution in [2.24, 2.45) is 5.73 Å². The standard InChI is InChI=1S/C9H14N2O2S/c1-7(10)8-4-3-5-9(6-8)14(12,13)11-2/h3-7,11H,10H2,1-2H3/t7-/m1/s1. The maximum absolute atomic E-state index is 11.4. The molecule has 5 heteroatoms. The largest absolute Gasteiger partial charge is 0.324 e. The van der Waals surface area contributed by atoms with Crippen molar-refractivity contribution in [1.29, 1.82) is 0 Å². The lowest BCUT2D eigenvalue weighted by atomic mass is 10.1. The van der Waals surface area contributed by atoms with Crippen LogP contribution in [0.2, 0.25) is 0 Å². The molecule has 4 nitrogen and oxygen atoms in total. The molecule has 0 saturated carbocycles. The third-order valence-corrected chi connectivity index (χ3v) is 3.37. The van der Waals surface area contributed by atoms with E-state index in [2.05, 4.69) is 4.72 Å². The van der Waals surface area contributed by atoms with Crippen LogP contribution in [0.4, 0.5) is 0 Å². The zero-order valence-electron chi connectivity index (χ0n) is 8.19. The Labute approximate surface area is 84.2 Å². The van der Waals surface area contributed by atoms with Crippen LogP contribution < -0.4 is 10.5 Å². The van der Waals surface area contributed by atoms with Gasteiger partial charge in [-0.15, -0.1) is 0 Å². The molecule has 0 saturated heterocycles. The molecular weight excluding hydrogens is 200 g/mol. The fourth-order valence-corrected chi connectivity index (χ4v) is 1.87. The van der Waals surface area contributed by atoms with Crippen LogP contribution >= 0.6 is 0 Å². The molecule has 3 N–H and O–H groups in total. The van der Waals surface area contributed by atoms with Gasteiger partial charge in [0, 0.05) is 6.04 Å². The molecule has 1 aromatic rings. The Kier molecular flexibility index (Phi) is 3.25. The molecule has 78 valence electrons. The van der Waals surface area contributed by atoms with Crippen LogP contribution in [0.25, 0.3) is 0 Å². The molecule has 0 amide bonds. The Balaban J connectivity index is 3.19. The van der Waals surface area contributed by atoms with E-state index in [1.54, 1.807) is 18.2 Å². The van der Waals surface area contributed by atoms with Crippen LogP contribution in [0.3, 0.4) is 0 Å². The first-order valence-corrected chi connectivity index (χ1v) is 5.75. The molecule has 0 unspecified atom stereocenters. The van der Waals surface area contributed by atoms with Crippen molar-refractivity contribution in [3.63, 3.8) is 0 Å². The van der Waals surface area contributed by atoms with Crippen LogP contribution in [0.15, 0.2) is 29.2 Å². The first-order valence-electron chi connectivity index (χ1n) is 4.26. The fourth-order valence-electron chi connectivity index (χ4n) is 1.08. The summed E-state index contributed by atoms with van der Waals surface area (Å²) >= 11 is 0. The van der Waals surface area contributed by atoms with Crippen molar-refractivity contribution in [3.8, 4) is 0 Å². The number of benzene rings is 1. The Morgan fingerprint density at radius 2 is 2.07 bits per heavy atom. The van der Waals surface area contributed by atoms with Crippen molar-refractivity contribution >= 4 is 10.0 Å². The van der Waals surface area contributed by atoms with Gasteiger partial charge in [-0.25, -0.2) is 13.1 Å². The van der Waals surface area contributed by atoms with E-state index in [0.29, 0.717) is 0 Å². The summed E-state index contributed by atoms with van der Waals surface area (Å²) in [7, 11) is -1.98. The maximum atomic E-state index is 11.4. The van der Waals surface area contributed by atoms with Gasteiger partial charge in [0.2, 0.25) is 10.0 Å². The number of nitrogens with one attached hydrogen (secondary N) is 1. The summed E-state index contributed by atoms with van der Waals surface area (Å²) in [5, 5.41) is 0. The highest BCUT2D eigenvalue weighted by Crippen LogP contribution is 2.15. The van der Waals surface area contributed by atoms with Gasteiger partial charge in [-0.3, -0.25) is 0 Å². The lowest BCUT2D eigenvalue weighted by Crippen LogP contribution is -2.19. The normalized spacial score (nSPS) is 13.9. The highest BCUT2D eigenvalue weighted by Gasteiger charge is 2.11. The lowest BCUT2D eigenvalue weighted by molar-refractivity contribution is 0.588. The molecule has 0 fully saturated rings. The maximum Gasteiger partial charge on any atom is 0.240 e. The van der Waals surface area contributed by atoms with Gasteiger partial charge in [-0.2, -0.15) is 0 Å². The number of hydrogen-bond acceptors (Lipinski definition) is 3. The van der Waals surface area contributed by atoms with Crippen LogP contribution in [0.5, 0.6) is 0 Å². The first-order chi connectivity index (χ1) is 6.47. The van der Waals surface area contributed by atoms with Crippen molar-refractivity contribution in [2.45, 2.75) is 17.9 Å². The van der Waals surface area contributed by atoms with Gasteiger partial charge >= 0.3 is 0 Å². The highest BCUT2D eigenvalue weighted by molar-refractivity contribution is 7.89. The highest BCUT2D eigenvalue weighted by atomic mass is 32.2. The summed E-state index contributed by atoms with van der Waals surface area (Å²) in [5.74, 6) is 0. The van der Waals surface area contributed by atoms with E-state index in [0.717, 1.165) is 5.56 Å². The molecule has 0 aliphatic carbocycles. The van der Waals surface area contributed by atoms with E-state index in [1.165, 1.54) is 13.1 Å². The molecule has 1 aromatic carbocycles. The second-order valence-corrected chi connectivity index (χ2v) is 4.96. The van der Waals surface area contributed by atoms with Gasteiger partial charge in [0.15, 0.2) is 0 Å². The zero-order chi connectivity index (χ0) is 10.8. The number of sulfonamides is 1. The Morgan fingerprint density at radius 1 is 1.43 bits per heavy atom. The monoisotopic (exact) mass is 214 g/mol. The summed E-state index contributed by atoms with van der Waals surface area (Å²) < 4.78 is 25.1. The third kappa shape index (κ3) is 2.31. The van der Waals surface area contributed by atoms with Gasteiger partial charge in [0.25, 0.3) is 0 Å². The minimum absolute atomic E-state index is 0.165. The van der Waals surface area contributed by atoms with Crippen LogP contribution in [0.1, 0.15) is 18.5 Å². The second-order valence-electron chi connectivity index (χ2n) is 3.07. The van der Waals surface area contributed by atoms with Crippen LogP contribution in [-0.2, 0) is 10.0 Å². The number of nitrogens with two attached hydrogens (primary N) is 1. The summed E-state index contributed by atoms with van der Waals surface area (Å²) in [6.45, 7) is 1.81. The zero-order valence-corrected chi connectivity index (χ0v) is 9.01. The molecule has 0 heterocycles. The third-order valence-electron chi connectivity index (χ3n) is 1.96. The topological polar surface area (TPSA) is 72.2 Å². The summed E-state index contributed by atoms with van der Waals surface area (Å²) in [5.41, 5.74) is 6.46. The number of rotatable bonds is 3. The minimum atomic E-state index is -3.36. The summed E-state index contributed by atoms with van der Waals surface area (Å²) in [6, 6.07) is 6.44. The smallest absolute Gasteiger partial charge is 0.240 e. The molecule has 0 aliphatic rings. The SMILES string of the molecule is CNS(=O)(=O)c1cccc([C@@H](C)N)c1. The molecule has 0 radical (unpaired) electrons. The summed E-state index contributed by atoms with van der Waals surface area (Å²) in [6.07, 6.45) is 0. The predicted molar refractivity (Wildman–Crippen MR) is 55.3 cm³/mol. The molecular formula is C9H14N2O2S. The van der Waals surface area contributed by atoms with Gasteiger partial charge in [0.05, 0.1) is 4.90 Å². The van der Waals surface area contributed by atoms with Crippen molar-refractivity contribution < 1.29 is 8.42 Å². The molecule has 0 aromatic heterocycles. The number of hydrogen-bond donors (Lipinski definition) is 2. The van der Waals surface area contributed by atoms with E-state index in [1.807, 2.05) is 6.92 Å². The molecule has 1 rings (SSSR count). The predicted octanol–water partition coefficient (Wildman–Crippen LogP) is 0.614. The molecule has 0 spiro atoms. The quantitative estimate of drug-likeness (QED) is 0.774. The Hall–Kier alpha value is -0.910. The van der Waals surface area contributed by atoms with Gasteiger partial charge in [-0.1, -0.05) is 12.1 Å². The molecule has 0 aliphatic heterocycles. The first kappa shape index (κ1) is 11.2. The van der Waals surface area contributed by atoms with Crippen molar-refractivity contribution in [3.05, 3.63) is 29.8 Å². The van der Waals surface area contributed by atoms with Crippen LogP contribution in [0, 0.1) is 0 Å². The van der Waals surface area contributed by atoms with E-state index in [4.69, 9.17) is 5.73 Å². The van der Waals surface area contributed by atoms with Crippen molar-refractivity contribution in [2.75, 3.05) is 7.05 Å². The van der Waals surface area contributed by atoms with E-state index in [-0.39, 0.29) is 10.9 Å². The lowest BCUT2D eigenvalue weighted by Gasteiger charge is -2.07. The van der Waals surface area contributed by atoms with Crippen molar-refractivity contribution in [1.82, 2.24) is 4.72 Å². The van der Waals surface area contributed by atoms with Gasteiger partial charge in [0.1, 0.15) is 0 Å². The van der Waals surface area contributed by atoms with Gasteiger partial charge in [-0.05, 0) is 31.7 Å². The van der Waals surface area contributed by atoms with E-state index < -0.39 is 10.0 Å². The summed E-state index contributed by atoms with van der Waals surface area (Å²) in [4.78, 5) is 0.245. The minimum Gasteiger partial charge on any atom is -0.324 e. The van der Waals surface area contributed by atoms with E-state index >= 15 is 0 Å². The fraction of sp³-hybridized carbons (Fsp3) is 0.333. The average molecular weight is 214 g/mol. The molecule has 14 heavy (non-hydrogen) atoms. The molecule has 0 bridgehead atoms. The van der Waals surface area contributed by atoms with E-state index in [9.17, 15) is 8.42 Å². The second kappa shape index (κ2) is 4.08. The van der Waals surface area contributed by atoms with Crippen LogP contribution in [-0.4, -0.2) is 15.5 Å². The Bertz CT molecular complexity index is 413. The molecule has 1 atom stereocenters.